The third-order valence-electron chi connectivity index (χ3n) is 15.9. The first-order valence-corrected chi connectivity index (χ1v) is 24.1. The van der Waals surface area contributed by atoms with E-state index in [9.17, 15) is 48.6 Å². The van der Waals surface area contributed by atoms with Crippen molar-refractivity contribution in [1.82, 2.24) is 20.9 Å². The van der Waals surface area contributed by atoms with Crippen molar-refractivity contribution < 1.29 is 58.0 Å². The number of nitrogens with one attached hydrogen (secondary N) is 3. The number of nitrogens with zero attached hydrogens (tertiary/aromatic N) is 1. The summed E-state index contributed by atoms with van der Waals surface area (Å²) in [6.07, 6.45) is 3.39. The van der Waals surface area contributed by atoms with Gasteiger partial charge in [0.1, 0.15) is 24.2 Å². The van der Waals surface area contributed by atoms with Crippen LogP contribution >= 0.6 is 0 Å². The van der Waals surface area contributed by atoms with Gasteiger partial charge in [-0.1, -0.05) is 83.5 Å². The molecule has 7 rings (SSSR count). The van der Waals surface area contributed by atoms with Gasteiger partial charge in [-0.3, -0.25) is 33.6 Å². The molecule has 2 aromatic carbocycles. The molecule has 1 saturated heterocycles. The summed E-state index contributed by atoms with van der Waals surface area (Å²) in [4.78, 5) is 110. The van der Waals surface area contributed by atoms with Crippen LogP contribution in [0.2, 0.25) is 0 Å². The number of ether oxygens (including phenoxy) is 2. The highest BCUT2D eigenvalue weighted by Crippen LogP contribution is 2.68. The van der Waals surface area contributed by atoms with Gasteiger partial charge in [0.25, 0.3) is 12.2 Å². The van der Waals surface area contributed by atoms with E-state index in [1.54, 1.807) is 45.9 Å². The maximum atomic E-state index is 14.7. The SMILES string of the molecule is CCC(=O)O[C@]1(C(=O)C(O)OC(=O)[C@@H](NC(=O)[C@@H]2CCCN2C(=O)[C@H](C)NC(=O)[C@H](C)NC(=O)c2ccc3ccccc3c2)C(C)C)CCC2C3C[C@H](C)C4=CC(=O)C=C[C@]4(C)C3[C@@H](O)C[C@@]21C. The summed E-state index contributed by atoms with van der Waals surface area (Å²) in [5.41, 5.74) is -2.45. The molecule has 16 nitrogen and oxygen atoms in total. The molecule has 3 saturated carbocycles. The maximum absolute atomic E-state index is 14.7. The average molecular weight is 939 g/mol. The largest absolute Gasteiger partial charge is 0.450 e. The van der Waals surface area contributed by atoms with Crippen molar-refractivity contribution in [1.29, 1.82) is 0 Å². The number of likely N-dealkylation sites (tertiary alicyclic amines) is 1. The summed E-state index contributed by atoms with van der Waals surface area (Å²) >= 11 is 0. The summed E-state index contributed by atoms with van der Waals surface area (Å²) in [7, 11) is 0. The molecule has 4 amide bonds. The number of carbonyl (C=O) groups excluding carboxylic acids is 8. The highest BCUT2D eigenvalue weighted by Gasteiger charge is 2.72. The number of amides is 4. The fourth-order valence-electron chi connectivity index (χ4n) is 12.4. The Hall–Kier alpha value is -5.74. The lowest BCUT2D eigenvalue weighted by molar-refractivity contribution is -0.215. The van der Waals surface area contributed by atoms with Crippen LogP contribution in [-0.2, 0) is 43.0 Å². The quantitative estimate of drug-likeness (QED) is 0.132. The lowest BCUT2D eigenvalue weighted by atomic mass is 9.44. The van der Waals surface area contributed by atoms with E-state index in [0.717, 1.165) is 16.3 Å². The van der Waals surface area contributed by atoms with E-state index >= 15 is 0 Å². The van der Waals surface area contributed by atoms with Gasteiger partial charge in [0.15, 0.2) is 11.4 Å². The van der Waals surface area contributed by atoms with Gasteiger partial charge in [-0.05, 0) is 111 Å². The van der Waals surface area contributed by atoms with Crippen LogP contribution in [-0.4, -0.2) is 111 Å². The van der Waals surface area contributed by atoms with Gasteiger partial charge in [0, 0.05) is 35.3 Å². The van der Waals surface area contributed by atoms with Crippen LogP contribution in [0.25, 0.3) is 10.8 Å². The average Bonchev–Trinajstić information content (AvgIpc) is 3.90. The predicted octanol–water partition coefficient (Wildman–Crippen LogP) is 4.24. The lowest BCUT2D eigenvalue weighted by Crippen LogP contribution is -2.64. The number of rotatable bonds is 14. The van der Waals surface area contributed by atoms with Crippen LogP contribution in [0.4, 0.5) is 0 Å². The molecule has 1 heterocycles. The molecule has 13 atom stereocenters. The van der Waals surface area contributed by atoms with E-state index in [-0.39, 0.29) is 61.7 Å². The molecule has 0 aromatic heterocycles. The third-order valence-corrected chi connectivity index (χ3v) is 15.9. The summed E-state index contributed by atoms with van der Waals surface area (Å²) in [6, 6.07) is 8.25. The number of aliphatic hydroxyl groups excluding tert-OH is 2. The number of hydrogen-bond acceptors (Lipinski definition) is 12. The first-order chi connectivity index (χ1) is 32.1. The van der Waals surface area contributed by atoms with Crippen LogP contribution < -0.4 is 16.0 Å². The van der Waals surface area contributed by atoms with Crippen molar-refractivity contribution in [3.8, 4) is 0 Å². The van der Waals surface area contributed by atoms with E-state index in [1.807, 2.05) is 50.3 Å². The van der Waals surface area contributed by atoms with Crippen molar-refractivity contribution in [2.45, 2.75) is 142 Å². The maximum Gasteiger partial charge on any atom is 0.331 e. The molecule has 0 bridgehead atoms. The Morgan fingerprint density at radius 1 is 0.926 bits per heavy atom. The Morgan fingerprint density at radius 3 is 2.32 bits per heavy atom. The molecule has 1 aliphatic heterocycles. The first-order valence-electron chi connectivity index (χ1n) is 24.1. The molecule has 4 unspecified atom stereocenters. The normalized spacial score (nSPS) is 31.2. The van der Waals surface area contributed by atoms with Gasteiger partial charge in [-0.15, -0.1) is 0 Å². The molecule has 2 aromatic rings. The second-order valence-electron chi connectivity index (χ2n) is 20.5. The predicted molar refractivity (Wildman–Crippen MR) is 249 cm³/mol. The zero-order valence-electron chi connectivity index (χ0n) is 40.2. The van der Waals surface area contributed by atoms with Gasteiger partial charge < -0.3 is 40.5 Å². The number of Topliss-reactive ketones (excluding diaryl/α,β-unsaturated/α-hetero) is 1. The summed E-state index contributed by atoms with van der Waals surface area (Å²) < 4.78 is 11.6. The van der Waals surface area contributed by atoms with Crippen LogP contribution in [0, 0.1) is 40.4 Å². The molecule has 0 spiro atoms. The Labute approximate surface area is 397 Å². The Balaban J connectivity index is 1.00. The topological polar surface area (TPSA) is 235 Å². The fraction of sp³-hybridized carbons (Fsp3) is 0.577. The summed E-state index contributed by atoms with van der Waals surface area (Å²) in [6.45, 7) is 13.9. The Morgan fingerprint density at radius 2 is 1.63 bits per heavy atom. The molecular formula is C52H66N4O12. The molecule has 5 N–H and O–H groups in total. The smallest absolute Gasteiger partial charge is 0.331 e. The van der Waals surface area contributed by atoms with E-state index < -0.39 is 100 Å². The summed E-state index contributed by atoms with van der Waals surface area (Å²) in [5.74, 6) is -6.61. The van der Waals surface area contributed by atoms with Crippen LogP contribution in [0.5, 0.6) is 0 Å². The molecule has 0 radical (unpaired) electrons. The van der Waals surface area contributed by atoms with Gasteiger partial charge in [-0.2, -0.15) is 0 Å². The monoisotopic (exact) mass is 938 g/mol. The number of aliphatic hydroxyl groups is 2. The number of esters is 2. The molecule has 4 fully saturated rings. The van der Waals surface area contributed by atoms with Crippen molar-refractivity contribution in [2.75, 3.05) is 6.54 Å². The molecule has 366 valence electrons. The van der Waals surface area contributed by atoms with E-state index in [1.165, 1.54) is 24.8 Å². The van der Waals surface area contributed by atoms with Gasteiger partial charge >= 0.3 is 11.9 Å². The van der Waals surface area contributed by atoms with Gasteiger partial charge in [-0.25, -0.2) is 4.79 Å². The standard InChI is InChI=1S/C52H66N4O12/c1-9-40(59)68-52(21-19-36-35-23-28(4)37-25-34(57)18-20-50(37,7)41(35)39(58)26-51(36,52)8)43(60)49(66)67-48(65)42(27(2)3)55-46(63)38-15-12-22-56(38)47(64)30(6)54-44(61)29(5)53-45(62)33-17-16-31-13-10-11-14-32(31)24-33/h10-11,13-14,16-18,20,24-25,27-30,35-36,38-39,41-42,49,58,66H,9,12,15,19,21-23,26H2,1-8H3,(H,53,62)(H,54,61)(H,55,63)/t28-,29-,30-,35?,36?,38-,39-,41?,42-,49?,50-,51-,52-/m0/s1. The second-order valence-corrected chi connectivity index (χ2v) is 20.5. The van der Waals surface area contributed by atoms with Crippen LogP contribution in [0.3, 0.4) is 0 Å². The Bertz CT molecular complexity index is 2450. The molecular weight excluding hydrogens is 873 g/mol. The lowest BCUT2D eigenvalue weighted by Gasteiger charge is -2.61. The highest BCUT2D eigenvalue weighted by atomic mass is 16.6. The Kier molecular flexibility index (Phi) is 14.3. The number of fused-ring (bicyclic) bond motifs is 6. The van der Waals surface area contributed by atoms with Gasteiger partial charge in [0.2, 0.25) is 23.5 Å². The first kappa shape index (κ1) is 50.1. The fourth-order valence-corrected chi connectivity index (χ4v) is 12.4. The minimum Gasteiger partial charge on any atom is -0.450 e. The zero-order chi connectivity index (χ0) is 49.6. The second kappa shape index (κ2) is 19.3. The number of hydrogen-bond donors (Lipinski definition) is 5. The highest BCUT2D eigenvalue weighted by molar-refractivity contribution is 6.02. The minimum absolute atomic E-state index is 0.0129. The van der Waals surface area contributed by atoms with Crippen molar-refractivity contribution >= 4 is 57.9 Å². The van der Waals surface area contributed by atoms with Crippen molar-refractivity contribution in [2.24, 2.45) is 40.4 Å². The van der Waals surface area contributed by atoms with Crippen LogP contribution in [0.1, 0.15) is 111 Å². The summed E-state index contributed by atoms with van der Waals surface area (Å²) in [5, 5.41) is 33.4. The number of ketones is 2. The molecule has 68 heavy (non-hydrogen) atoms. The van der Waals surface area contributed by atoms with Gasteiger partial charge in [0.05, 0.1) is 6.10 Å². The third kappa shape index (κ3) is 9.01. The van der Waals surface area contributed by atoms with Crippen molar-refractivity contribution in [3.05, 3.63) is 71.8 Å². The van der Waals surface area contributed by atoms with E-state index in [4.69, 9.17) is 9.47 Å². The minimum atomic E-state index is -2.41. The van der Waals surface area contributed by atoms with Crippen molar-refractivity contribution in [3.63, 3.8) is 0 Å². The number of allylic oxidation sites excluding steroid dienone is 4. The molecule has 4 aliphatic carbocycles. The number of benzene rings is 2. The zero-order valence-corrected chi connectivity index (χ0v) is 40.2. The van der Waals surface area contributed by atoms with E-state index in [2.05, 4.69) is 16.0 Å². The molecule has 5 aliphatic rings. The number of carbonyl (C=O) groups is 8. The van der Waals surface area contributed by atoms with E-state index in [0.29, 0.717) is 24.8 Å². The molecule has 16 heteroatoms. The van der Waals surface area contributed by atoms with Crippen LogP contribution in [0.15, 0.2) is 66.3 Å².